The van der Waals surface area contributed by atoms with Crippen LogP contribution in [0.3, 0.4) is 0 Å². The van der Waals surface area contributed by atoms with Crippen LogP contribution in [0.1, 0.15) is 16.1 Å². The summed E-state index contributed by atoms with van der Waals surface area (Å²) in [6.45, 7) is 1.74. The van der Waals surface area contributed by atoms with Crippen molar-refractivity contribution in [1.82, 2.24) is 9.78 Å². The molecular formula is C11H9IN2O2. The van der Waals surface area contributed by atoms with Gasteiger partial charge in [-0.15, -0.1) is 0 Å². The molecule has 1 aromatic heterocycles. The topological polar surface area (TPSA) is 55.1 Å². The number of hydrogen-bond donors (Lipinski definition) is 1. The number of carboxylic acid groups (broad SMARTS) is 1. The third kappa shape index (κ3) is 2.08. The monoisotopic (exact) mass is 328 g/mol. The van der Waals surface area contributed by atoms with E-state index in [1.165, 1.54) is 0 Å². The highest BCUT2D eigenvalue weighted by atomic mass is 127. The van der Waals surface area contributed by atoms with Gasteiger partial charge in [-0.25, -0.2) is 9.48 Å². The summed E-state index contributed by atoms with van der Waals surface area (Å²) in [5.74, 6) is -0.998. The molecule has 1 aromatic carbocycles. The Morgan fingerprint density at radius 3 is 2.81 bits per heavy atom. The Labute approximate surface area is 106 Å². The van der Waals surface area contributed by atoms with Gasteiger partial charge in [-0.05, 0) is 47.7 Å². The lowest BCUT2D eigenvalue weighted by molar-refractivity contribution is 0.0689. The highest BCUT2D eigenvalue weighted by Gasteiger charge is 2.12. The van der Waals surface area contributed by atoms with E-state index in [0.717, 1.165) is 9.26 Å². The highest BCUT2D eigenvalue weighted by Crippen LogP contribution is 2.14. The van der Waals surface area contributed by atoms with Gasteiger partial charge in [0, 0.05) is 15.3 Å². The Bertz CT molecular complexity index is 549. The number of halogens is 1. The fraction of sp³-hybridized carbons (Fsp3) is 0.0909. The van der Waals surface area contributed by atoms with E-state index in [0.29, 0.717) is 5.56 Å². The number of aryl methyl sites for hydroxylation is 1. The van der Waals surface area contributed by atoms with E-state index in [4.69, 9.17) is 5.11 Å². The molecule has 0 aliphatic rings. The zero-order valence-corrected chi connectivity index (χ0v) is 10.7. The quantitative estimate of drug-likeness (QED) is 0.862. The summed E-state index contributed by atoms with van der Waals surface area (Å²) in [4.78, 5) is 10.9. The molecule has 0 unspecified atom stereocenters. The maximum absolute atomic E-state index is 10.9. The zero-order chi connectivity index (χ0) is 11.7. The molecule has 5 heteroatoms. The minimum atomic E-state index is -0.998. The van der Waals surface area contributed by atoms with E-state index in [1.807, 2.05) is 24.3 Å². The van der Waals surface area contributed by atoms with Gasteiger partial charge in [0.1, 0.15) is 0 Å². The number of nitrogens with zero attached hydrogens (tertiary/aromatic N) is 2. The van der Waals surface area contributed by atoms with Gasteiger partial charge in [0.25, 0.3) is 0 Å². The molecule has 4 nitrogen and oxygen atoms in total. The van der Waals surface area contributed by atoms with E-state index < -0.39 is 5.97 Å². The molecule has 0 aliphatic heterocycles. The Morgan fingerprint density at radius 1 is 1.50 bits per heavy atom. The SMILES string of the molecule is Cc1cn(-c2cccc(I)c2)nc1C(=O)O. The molecule has 0 saturated carbocycles. The molecule has 0 saturated heterocycles. The van der Waals surface area contributed by atoms with E-state index in [2.05, 4.69) is 27.7 Å². The summed E-state index contributed by atoms with van der Waals surface area (Å²) in [5, 5.41) is 12.9. The van der Waals surface area contributed by atoms with Crippen LogP contribution in [0.25, 0.3) is 5.69 Å². The van der Waals surface area contributed by atoms with Crippen molar-refractivity contribution in [2.45, 2.75) is 6.92 Å². The van der Waals surface area contributed by atoms with Gasteiger partial charge in [0.15, 0.2) is 5.69 Å². The van der Waals surface area contributed by atoms with E-state index >= 15 is 0 Å². The van der Waals surface area contributed by atoms with Crippen LogP contribution >= 0.6 is 22.6 Å². The highest BCUT2D eigenvalue weighted by molar-refractivity contribution is 14.1. The fourth-order valence-corrected chi connectivity index (χ4v) is 1.95. The Balaban J connectivity index is 2.49. The van der Waals surface area contributed by atoms with Crippen LogP contribution < -0.4 is 0 Å². The van der Waals surface area contributed by atoms with Crippen molar-refractivity contribution >= 4 is 28.6 Å². The summed E-state index contributed by atoms with van der Waals surface area (Å²) in [6, 6.07) is 7.71. The molecular weight excluding hydrogens is 319 g/mol. The largest absolute Gasteiger partial charge is 0.476 e. The minimum absolute atomic E-state index is 0.0962. The van der Waals surface area contributed by atoms with Crippen LogP contribution in [0.2, 0.25) is 0 Å². The second-order valence-electron chi connectivity index (χ2n) is 3.39. The van der Waals surface area contributed by atoms with Gasteiger partial charge in [0.05, 0.1) is 5.69 Å². The number of hydrogen-bond acceptors (Lipinski definition) is 2. The maximum Gasteiger partial charge on any atom is 0.356 e. The average molecular weight is 328 g/mol. The predicted octanol–water partition coefficient (Wildman–Crippen LogP) is 2.48. The van der Waals surface area contributed by atoms with Crippen LogP contribution in [-0.4, -0.2) is 20.9 Å². The van der Waals surface area contributed by atoms with Gasteiger partial charge in [-0.3, -0.25) is 0 Å². The smallest absolute Gasteiger partial charge is 0.356 e. The van der Waals surface area contributed by atoms with Crippen molar-refractivity contribution in [1.29, 1.82) is 0 Å². The molecule has 1 N–H and O–H groups in total. The van der Waals surface area contributed by atoms with Gasteiger partial charge >= 0.3 is 5.97 Å². The summed E-state index contributed by atoms with van der Waals surface area (Å²) >= 11 is 2.20. The zero-order valence-electron chi connectivity index (χ0n) is 8.51. The Morgan fingerprint density at radius 2 is 2.25 bits per heavy atom. The molecule has 0 atom stereocenters. The van der Waals surface area contributed by atoms with Gasteiger partial charge in [0.2, 0.25) is 0 Å². The van der Waals surface area contributed by atoms with Crippen LogP contribution in [0.15, 0.2) is 30.5 Å². The molecule has 0 spiro atoms. The van der Waals surface area contributed by atoms with Crippen LogP contribution in [0.5, 0.6) is 0 Å². The van der Waals surface area contributed by atoms with Crippen molar-refractivity contribution in [3.63, 3.8) is 0 Å². The van der Waals surface area contributed by atoms with Crippen molar-refractivity contribution in [3.8, 4) is 5.69 Å². The molecule has 1 heterocycles. The first-order valence-electron chi connectivity index (χ1n) is 4.63. The van der Waals surface area contributed by atoms with Crippen molar-refractivity contribution in [3.05, 3.63) is 45.3 Å². The van der Waals surface area contributed by atoms with Crippen LogP contribution in [-0.2, 0) is 0 Å². The second-order valence-corrected chi connectivity index (χ2v) is 4.64. The molecule has 0 amide bonds. The van der Waals surface area contributed by atoms with Crippen LogP contribution in [0, 0.1) is 10.5 Å². The standard InChI is InChI=1S/C11H9IN2O2/c1-7-6-14(13-10(7)11(15)16)9-4-2-3-8(12)5-9/h2-6H,1H3,(H,15,16). The van der Waals surface area contributed by atoms with E-state index in [9.17, 15) is 4.79 Å². The normalized spacial score (nSPS) is 10.4. The second kappa shape index (κ2) is 4.25. The molecule has 2 aromatic rings. The third-order valence-electron chi connectivity index (χ3n) is 2.17. The molecule has 0 bridgehead atoms. The first-order valence-corrected chi connectivity index (χ1v) is 5.71. The summed E-state index contributed by atoms with van der Waals surface area (Å²) in [6.07, 6.45) is 1.72. The van der Waals surface area contributed by atoms with Crippen molar-refractivity contribution in [2.24, 2.45) is 0 Å². The lowest BCUT2D eigenvalue weighted by Gasteiger charge is -2.00. The molecule has 16 heavy (non-hydrogen) atoms. The summed E-state index contributed by atoms with van der Waals surface area (Å²) < 4.78 is 2.67. The molecule has 0 radical (unpaired) electrons. The van der Waals surface area contributed by atoms with E-state index in [1.54, 1.807) is 17.8 Å². The lowest BCUT2D eigenvalue weighted by Crippen LogP contribution is -2.01. The van der Waals surface area contributed by atoms with Gasteiger partial charge < -0.3 is 5.11 Å². The maximum atomic E-state index is 10.9. The third-order valence-corrected chi connectivity index (χ3v) is 2.84. The first-order chi connectivity index (χ1) is 7.58. The van der Waals surface area contributed by atoms with Crippen molar-refractivity contribution < 1.29 is 9.90 Å². The Hall–Kier alpha value is -1.37. The predicted molar refractivity (Wildman–Crippen MR) is 68.0 cm³/mol. The van der Waals surface area contributed by atoms with Gasteiger partial charge in [-0.2, -0.15) is 5.10 Å². The molecule has 0 fully saturated rings. The minimum Gasteiger partial charge on any atom is -0.476 e. The van der Waals surface area contributed by atoms with Gasteiger partial charge in [-0.1, -0.05) is 6.07 Å². The van der Waals surface area contributed by atoms with E-state index in [-0.39, 0.29) is 5.69 Å². The summed E-state index contributed by atoms with van der Waals surface area (Å²) in [5.41, 5.74) is 1.62. The first kappa shape index (κ1) is 11.1. The lowest BCUT2D eigenvalue weighted by atomic mass is 10.3. The summed E-state index contributed by atoms with van der Waals surface area (Å²) in [7, 11) is 0. The fourth-order valence-electron chi connectivity index (χ4n) is 1.42. The number of carboxylic acids is 1. The number of aromatic carboxylic acids is 1. The van der Waals surface area contributed by atoms with Crippen molar-refractivity contribution in [2.75, 3.05) is 0 Å². The number of carbonyl (C=O) groups is 1. The average Bonchev–Trinajstić information content (AvgIpc) is 2.60. The molecule has 0 aliphatic carbocycles. The molecule has 82 valence electrons. The number of benzene rings is 1. The number of rotatable bonds is 2. The molecule has 2 rings (SSSR count). The van der Waals surface area contributed by atoms with Crippen LogP contribution in [0.4, 0.5) is 0 Å². The Kier molecular flexibility index (Phi) is 2.95. The number of aromatic nitrogens is 2.